The summed E-state index contributed by atoms with van der Waals surface area (Å²) in [5, 5.41) is 0.729. The van der Waals surface area contributed by atoms with Crippen LogP contribution in [0.4, 0.5) is 5.13 Å². The van der Waals surface area contributed by atoms with Gasteiger partial charge in [-0.05, 0) is 76.6 Å². The maximum Gasteiger partial charge on any atom is 0.260 e. The molecule has 154 valence electrons. The van der Waals surface area contributed by atoms with Gasteiger partial charge in [0.15, 0.2) is 5.13 Å². The number of nitrogens with zero attached hydrogens (tertiary/aromatic N) is 3. The number of thiazole rings is 1. The van der Waals surface area contributed by atoms with Gasteiger partial charge in [-0.25, -0.2) is 4.98 Å². The van der Waals surface area contributed by atoms with Gasteiger partial charge < -0.3 is 9.64 Å². The quantitative estimate of drug-likeness (QED) is 0.447. The largest absolute Gasteiger partial charge is 0.494 e. The second-order valence-corrected chi connectivity index (χ2v) is 8.79. The zero-order chi connectivity index (χ0) is 20.8. The van der Waals surface area contributed by atoms with Crippen LogP contribution in [0.3, 0.4) is 0 Å². The van der Waals surface area contributed by atoms with Crippen molar-refractivity contribution in [2.45, 2.75) is 18.2 Å². The molecule has 0 spiro atoms. The summed E-state index contributed by atoms with van der Waals surface area (Å²) in [6.45, 7) is 4.13. The van der Waals surface area contributed by atoms with Crippen molar-refractivity contribution >= 4 is 44.4 Å². The van der Waals surface area contributed by atoms with E-state index in [4.69, 9.17) is 9.72 Å². The zero-order valence-corrected chi connectivity index (χ0v) is 19.0. The number of thioether (sulfide) groups is 1. The number of fused-ring (bicyclic) bond motifs is 1. The van der Waals surface area contributed by atoms with Crippen LogP contribution in [-0.4, -0.2) is 55.8 Å². The van der Waals surface area contributed by atoms with Crippen molar-refractivity contribution in [2.24, 2.45) is 0 Å². The molecule has 0 radical (unpaired) electrons. The summed E-state index contributed by atoms with van der Waals surface area (Å²) in [4.78, 5) is 23.2. The highest BCUT2D eigenvalue weighted by atomic mass is 32.2. The molecule has 2 aromatic carbocycles. The van der Waals surface area contributed by atoms with Crippen molar-refractivity contribution < 1.29 is 9.53 Å². The van der Waals surface area contributed by atoms with Crippen molar-refractivity contribution in [3.8, 4) is 5.75 Å². The van der Waals surface area contributed by atoms with Gasteiger partial charge in [-0.1, -0.05) is 17.4 Å². The first-order valence-corrected chi connectivity index (χ1v) is 11.7. The highest BCUT2D eigenvalue weighted by Crippen LogP contribution is 2.32. The third-order valence-corrected chi connectivity index (χ3v) is 6.21. The smallest absolute Gasteiger partial charge is 0.260 e. The van der Waals surface area contributed by atoms with E-state index in [0.717, 1.165) is 39.0 Å². The van der Waals surface area contributed by atoms with Gasteiger partial charge in [-0.2, -0.15) is 0 Å². The Hall–Kier alpha value is -2.09. The third-order valence-electron chi connectivity index (χ3n) is 4.44. The van der Waals surface area contributed by atoms with Gasteiger partial charge in [0.2, 0.25) is 0 Å². The van der Waals surface area contributed by atoms with E-state index in [1.54, 1.807) is 11.8 Å². The van der Waals surface area contributed by atoms with Crippen LogP contribution in [0.2, 0.25) is 0 Å². The predicted octanol–water partition coefficient (Wildman–Crippen LogP) is 5.02. The molecule has 0 saturated heterocycles. The molecule has 1 aromatic heterocycles. The normalized spacial score (nSPS) is 11.2. The van der Waals surface area contributed by atoms with E-state index in [0.29, 0.717) is 18.7 Å². The molecule has 5 nitrogen and oxygen atoms in total. The first kappa shape index (κ1) is 21.6. The Labute approximate surface area is 180 Å². The fourth-order valence-electron chi connectivity index (χ4n) is 3.01. The highest BCUT2D eigenvalue weighted by molar-refractivity contribution is 7.98. The molecule has 1 heterocycles. The number of aromatic nitrogens is 1. The van der Waals surface area contributed by atoms with Gasteiger partial charge >= 0.3 is 0 Å². The number of hydrogen-bond acceptors (Lipinski definition) is 6. The molecule has 3 aromatic rings. The molecule has 0 atom stereocenters. The van der Waals surface area contributed by atoms with Crippen molar-refractivity contribution in [1.82, 2.24) is 9.88 Å². The molecule has 0 aliphatic heterocycles. The minimum Gasteiger partial charge on any atom is -0.494 e. The SMILES string of the molecule is CCOc1ccc2nc(N(CCCN(C)C)C(=O)c3cccc(SC)c3)sc2c1. The maximum atomic E-state index is 13.4. The monoisotopic (exact) mass is 429 g/mol. The molecular formula is C22H27N3O2S2. The van der Waals surface area contributed by atoms with E-state index in [1.165, 1.54) is 11.3 Å². The third kappa shape index (κ3) is 5.50. The van der Waals surface area contributed by atoms with E-state index in [1.807, 2.05) is 74.6 Å². The minimum absolute atomic E-state index is 0.0104. The molecule has 7 heteroatoms. The second-order valence-electron chi connectivity index (χ2n) is 6.90. The Morgan fingerprint density at radius 3 is 2.72 bits per heavy atom. The van der Waals surface area contributed by atoms with E-state index in [-0.39, 0.29) is 5.91 Å². The Morgan fingerprint density at radius 1 is 1.17 bits per heavy atom. The van der Waals surface area contributed by atoms with Crippen molar-refractivity contribution in [1.29, 1.82) is 0 Å². The first-order chi connectivity index (χ1) is 14.0. The predicted molar refractivity (Wildman–Crippen MR) is 124 cm³/mol. The topological polar surface area (TPSA) is 45.7 Å². The molecule has 0 unspecified atom stereocenters. The van der Waals surface area contributed by atoms with Crippen LogP contribution >= 0.6 is 23.1 Å². The lowest BCUT2D eigenvalue weighted by Crippen LogP contribution is -2.33. The molecule has 0 fully saturated rings. The van der Waals surface area contributed by atoms with Gasteiger partial charge in [0.1, 0.15) is 5.75 Å². The van der Waals surface area contributed by atoms with E-state index in [2.05, 4.69) is 4.90 Å². The molecule has 0 N–H and O–H groups in total. The van der Waals surface area contributed by atoms with Crippen LogP contribution in [0.1, 0.15) is 23.7 Å². The molecule has 1 amide bonds. The number of hydrogen-bond donors (Lipinski definition) is 0. The Kier molecular flexibility index (Phi) is 7.52. The molecule has 0 aliphatic rings. The van der Waals surface area contributed by atoms with Gasteiger partial charge in [0, 0.05) is 17.0 Å². The number of anilines is 1. The Morgan fingerprint density at radius 2 is 2.00 bits per heavy atom. The number of carbonyl (C=O) groups is 1. The average Bonchev–Trinajstić information content (AvgIpc) is 3.14. The van der Waals surface area contributed by atoms with Crippen molar-refractivity contribution in [2.75, 3.05) is 44.9 Å². The molecule has 0 aliphatic carbocycles. The van der Waals surface area contributed by atoms with E-state index < -0.39 is 0 Å². The first-order valence-electron chi connectivity index (χ1n) is 9.66. The number of benzene rings is 2. The van der Waals surface area contributed by atoms with Crippen LogP contribution in [0, 0.1) is 0 Å². The van der Waals surface area contributed by atoms with E-state index >= 15 is 0 Å². The van der Waals surface area contributed by atoms with Gasteiger partial charge in [-0.3, -0.25) is 9.69 Å². The molecular weight excluding hydrogens is 402 g/mol. The second kappa shape index (κ2) is 10.1. The summed E-state index contributed by atoms with van der Waals surface area (Å²) in [6, 6.07) is 13.7. The van der Waals surface area contributed by atoms with Crippen LogP contribution in [0.25, 0.3) is 10.2 Å². The van der Waals surface area contributed by atoms with Crippen molar-refractivity contribution in [3.63, 3.8) is 0 Å². The molecule has 3 rings (SSSR count). The highest BCUT2D eigenvalue weighted by Gasteiger charge is 2.21. The lowest BCUT2D eigenvalue weighted by molar-refractivity contribution is 0.0986. The van der Waals surface area contributed by atoms with Crippen molar-refractivity contribution in [3.05, 3.63) is 48.0 Å². The maximum absolute atomic E-state index is 13.4. The van der Waals surface area contributed by atoms with E-state index in [9.17, 15) is 4.79 Å². The Bertz CT molecular complexity index is 972. The summed E-state index contributed by atoms with van der Waals surface area (Å²) in [5.74, 6) is 0.817. The summed E-state index contributed by atoms with van der Waals surface area (Å²) in [5.41, 5.74) is 1.58. The Balaban J connectivity index is 1.93. The molecule has 0 saturated carbocycles. The average molecular weight is 430 g/mol. The summed E-state index contributed by atoms with van der Waals surface area (Å²) in [7, 11) is 4.09. The summed E-state index contributed by atoms with van der Waals surface area (Å²) in [6.07, 6.45) is 2.89. The van der Waals surface area contributed by atoms with Crippen LogP contribution < -0.4 is 9.64 Å². The van der Waals surface area contributed by atoms with Gasteiger partial charge in [0.25, 0.3) is 5.91 Å². The number of carbonyl (C=O) groups excluding carboxylic acids is 1. The zero-order valence-electron chi connectivity index (χ0n) is 17.3. The number of rotatable bonds is 9. The lowest BCUT2D eigenvalue weighted by atomic mass is 10.2. The fourth-order valence-corrected chi connectivity index (χ4v) is 4.48. The minimum atomic E-state index is -0.0104. The van der Waals surface area contributed by atoms with Gasteiger partial charge in [0.05, 0.1) is 16.8 Å². The van der Waals surface area contributed by atoms with Crippen LogP contribution in [0.5, 0.6) is 5.75 Å². The van der Waals surface area contributed by atoms with Crippen LogP contribution in [0.15, 0.2) is 47.4 Å². The van der Waals surface area contributed by atoms with Crippen LogP contribution in [-0.2, 0) is 0 Å². The van der Waals surface area contributed by atoms with Gasteiger partial charge in [-0.15, -0.1) is 11.8 Å². The fraction of sp³-hybridized carbons (Fsp3) is 0.364. The number of ether oxygens (including phenoxy) is 1. The summed E-state index contributed by atoms with van der Waals surface area (Å²) >= 11 is 3.17. The summed E-state index contributed by atoms with van der Waals surface area (Å²) < 4.78 is 6.63. The molecule has 0 bridgehead atoms. The molecule has 29 heavy (non-hydrogen) atoms. The standard InChI is InChI=1S/C22H27N3O2S2/c1-5-27-17-10-11-19-20(15-17)29-22(23-19)25(13-7-12-24(2)3)21(26)16-8-6-9-18(14-16)28-4/h6,8-11,14-15H,5,7,12-13H2,1-4H3. The lowest BCUT2D eigenvalue weighted by Gasteiger charge is -2.21. The number of amides is 1.